The van der Waals surface area contributed by atoms with Crippen molar-refractivity contribution in [1.82, 2.24) is 0 Å². The van der Waals surface area contributed by atoms with Crippen molar-refractivity contribution in [2.24, 2.45) is 0 Å². The number of hydrogen-bond donors (Lipinski definition) is 0. The fourth-order valence-corrected chi connectivity index (χ4v) is 14.5. The van der Waals surface area contributed by atoms with Gasteiger partial charge >= 0.3 is 441 Å². The van der Waals surface area contributed by atoms with Gasteiger partial charge in [-0.3, -0.25) is 0 Å². The molecule has 0 fully saturated rings. The van der Waals surface area contributed by atoms with Crippen LogP contribution in [0.3, 0.4) is 0 Å². The van der Waals surface area contributed by atoms with Gasteiger partial charge in [0.1, 0.15) is 0 Å². The van der Waals surface area contributed by atoms with Crippen molar-refractivity contribution < 1.29 is 8.56 Å². The van der Waals surface area contributed by atoms with Gasteiger partial charge in [-0.15, -0.1) is 0 Å². The monoisotopic (exact) mass is 1010 g/mol. The molecule has 6 aromatic carbocycles. The SMILES string of the molecule is Cc1cc(C)c(-c2cccc3c2C(=O)C(C)([O][Ge][c]2c(-c4c(C(C)C)cc(C(C)C)cc4C(C)C)c(C(C)C)cc(C(C)C)c2-c2c(C(C)C)cc(C(C)C)cc2C(C)C)c2cc(C)cc(C)c2-3)c(C)c1. The molecule has 1 atom stereocenters. The van der Waals surface area contributed by atoms with Gasteiger partial charge in [-0.1, -0.05) is 0 Å². The predicted molar refractivity (Wildman–Crippen MR) is 309 cm³/mol. The Balaban J connectivity index is 1.68. The van der Waals surface area contributed by atoms with E-state index in [0.717, 1.165) is 38.9 Å². The first kappa shape index (κ1) is 54.3. The van der Waals surface area contributed by atoms with Crippen LogP contribution in [0.4, 0.5) is 0 Å². The Kier molecular flexibility index (Phi) is 15.9. The van der Waals surface area contributed by atoms with Crippen LogP contribution in [-0.4, -0.2) is 21.6 Å². The van der Waals surface area contributed by atoms with Gasteiger partial charge < -0.3 is 0 Å². The summed E-state index contributed by atoms with van der Waals surface area (Å²) in [5, 5.41) is 0. The molecule has 71 heavy (non-hydrogen) atoms. The number of ketones is 1. The van der Waals surface area contributed by atoms with Gasteiger partial charge in [0.25, 0.3) is 0 Å². The standard InChI is InChI=1S/C68H86GeO2/c1-35(2)48-30-52(37(5)6)61(53(31-48)38(7)8)64-56(41(13)14)34-57(42(15)16)65(62-54(39(9)10)32-49(36(3)4)33-55(62)40(11)12)66(64)69-71-68(22)58-29-44(18)28-47(21)60(58)51-25-23-24-50(63(51)67(68)70)59-45(19)26-43(17)27-46(59)20/h23-42H,1-22H3. The zero-order valence-electron chi connectivity index (χ0n) is 47.9. The molecule has 374 valence electrons. The molecule has 1 aliphatic carbocycles. The summed E-state index contributed by atoms with van der Waals surface area (Å²) in [4.78, 5) is 16.4. The fraction of sp³-hybridized carbons (Fsp3) is 0.456. The molecule has 0 heterocycles. The second-order valence-corrected chi connectivity index (χ2v) is 26.0. The molecule has 3 heteroatoms. The zero-order valence-corrected chi connectivity index (χ0v) is 50.0. The van der Waals surface area contributed by atoms with Gasteiger partial charge in [0.15, 0.2) is 0 Å². The molecule has 0 saturated carbocycles. The van der Waals surface area contributed by atoms with Crippen LogP contribution in [0.15, 0.2) is 72.8 Å². The molecule has 0 aliphatic heterocycles. The molecule has 0 spiro atoms. The first-order valence-corrected chi connectivity index (χ1v) is 29.0. The molecule has 2 radical (unpaired) electrons. The van der Waals surface area contributed by atoms with Crippen LogP contribution in [0.1, 0.15) is 253 Å². The Hall–Kier alpha value is -4.51. The van der Waals surface area contributed by atoms with E-state index in [9.17, 15) is 0 Å². The quantitative estimate of drug-likeness (QED) is 0.102. The third-order valence-electron chi connectivity index (χ3n) is 15.7. The van der Waals surface area contributed by atoms with E-state index < -0.39 is 21.4 Å². The minimum atomic E-state index is -1.59. The number of carbonyl (C=O) groups excluding carboxylic acids is 1. The molecule has 2 nitrogen and oxygen atoms in total. The van der Waals surface area contributed by atoms with Gasteiger partial charge in [-0.25, -0.2) is 0 Å². The first-order valence-electron chi connectivity index (χ1n) is 27.1. The van der Waals surface area contributed by atoms with Crippen molar-refractivity contribution in [3.63, 3.8) is 0 Å². The summed E-state index contributed by atoms with van der Waals surface area (Å²) in [6, 6.07) is 28.3. The average molecular weight is 1010 g/mol. The molecule has 6 aromatic rings. The summed E-state index contributed by atoms with van der Waals surface area (Å²) >= 11 is -1.59. The third-order valence-corrected chi connectivity index (χ3v) is 18.2. The maximum atomic E-state index is 16.4. The van der Waals surface area contributed by atoms with E-state index in [4.69, 9.17) is 3.76 Å². The van der Waals surface area contributed by atoms with Crippen LogP contribution in [0.5, 0.6) is 0 Å². The summed E-state index contributed by atoms with van der Waals surface area (Å²) in [5.41, 5.74) is 27.3. The van der Waals surface area contributed by atoms with Crippen LogP contribution in [0, 0.1) is 34.6 Å². The van der Waals surface area contributed by atoms with Gasteiger partial charge in [0.2, 0.25) is 0 Å². The van der Waals surface area contributed by atoms with Crippen molar-refractivity contribution in [3.8, 4) is 44.5 Å². The Morgan fingerprint density at radius 1 is 0.394 bits per heavy atom. The Morgan fingerprint density at radius 3 is 1.10 bits per heavy atom. The van der Waals surface area contributed by atoms with Crippen LogP contribution < -0.4 is 4.40 Å². The molecule has 0 bridgehead atoms. The molecule has 1 unspecified atom stereocenters. The van der Waals surface area contributed by atoms with Crippen molar-refractivity contribution in [2.75, 3.05) is 0 Å². The van der Waals surface area contributed by atoms with Gasteiger partial charge in [-0.05, 0) is 0 Å². The topological polar surface area (TPSA) is 26.3 Å². The molecule has 0 saturated heterocycles. The third kappa shape index (κ3) is 9.88. The second-order valence-electron chi connectivity index (χ2n) is 24.1. The van der Waals surface area contributed by atoms with Gasteiger partial charge in [0, 0.05) is 0 Å². The van der Waals surface area contributed by atoms with Crippen LogP contribution in [0.25, 0.3) is 44.5 Å². The second kappa shape index (κ2) is 20.8. The predicted octanol–water partition coefficient (Wildman–Crippen LogP) is 19.3. The number of rotatable bonds is 14. The maximum absolute atomic E-state index is 16.4. The summed E-state index contributed by atoms with van der Waals surface area (Å²) in [6.07, 6.45) is 0. The van der Waals surface area contributed by atoms with Gasteiger partial charge in [-0.2, -0.15) is 0 Å². The number of Topliss-reactive ketones (excluding diaryl/α,β-unsaturated/α-hetero) is 1. The minimum absolute atomic E-state index is 0.0509. The molecular weight excluding hydrogens is 921 g/mol. The molecule has 0 amide bonds. The van der Waals surface area contributed by atoms with Crippen LogP contribution in [-0.2, 0) is 9.36 Å². The summed E-state index contributed by atoms with van der Waals surface area (Å²) in [7, 11) is 0. The number of benzene rings is 6. The van der Waals surface area contributed by atoms with Gasteiger partial charge in [0.05, 0.1) is 0 Å². The fourth-order valence-electron chi connectivity index (χ4n) is 11.9. The number of fused-ring (bicyclic) bond motifs is 3. The molecule has 0 N–H and O–H groups in total. The number of carbonyl (C=O) groups is 1. The normalized spacial score (nSPS) is 15.0. The average Bonchev–Trinajstić information content (AvgIpc) is 3.27. The van der Waals surface area contributed by atoms with E-state index in [1.807, 2.05) is 0 Å². The van der Waals surface area contributed by atoms with Crippen molar-refractivity contribution in [1.29, 1.82) is 0 Å². The van der Waals surface area contributed by atoms with E-state index in [1.165, 1.54) is 93.4 Å². The summed E-state index contributed by atoms with van der Waals surface area (Å²) in [6.45, 7) is 51.0. The number of aryl methyl sites for hydroxylation is 5. The number of hydrogen-bond acceptors (Lipinski definition) is 2. The molecule has 7 rings (SSSR count). The van der Waals surface area contributed by atoms with E-state index in [2.05, 4.69) is 225 Å². The Labute approximate surface area is 438 Å². The van der Waals surface area contributed by atoms with Crippen LogP contribution >= 0.6 is 0 Å². The van der Waals surface area contributed by atoms with E-state index in [0.29, 0.717) is 11.8 Å². The molecular formula is C68H86GeO2. The van der Waals surface area contributed by atoms with Crippen molar-refractivity contribution >= 4 is 25.9 Å². The van der Waals surface area contributed by atoms with E-state index in [1.54, 1.807) is 0 Å². The summed E-state index contributed by atoms with van der Waals surface area (Å²) < 4.78 is 9.35. The summed E-state index contributed by atoms with van der Waals surface area (Å²) in [5.74, 6) is 2.43. The molecule has 0 aromatic heterocycles. The van der Waals surface area contributed by atoms with Crippen LogP contribution in [0.2, 0.25) is 0 Å². The zero-order chi connectivity index (χ0) is 52.5. The first-order chi connectivity index (χ1) is 33.2. The van der Waals surface area contributed by atoms with Crippen molar-refractivity contribution in [2.45, 2.75) is 205 Å². The molecule has 1 aliphatic rings. The van der Waals surface area contributed by atoms with E-state index in [-0.39, 0.29) is 41.3 Å². The Morgan fingerprint density at radius 2 is 0.732 bits per heavy atom. The van der Waals surface area contributed by atoms with Crippen molar-refractivity contribution in [3.05, 3.63) is 156 Å². The van der Waals surface area contributed by atoms with E-state index >= 15 is 4.79 Å². The Bertz CT molecular complexity index is 2830.